The second-order valence-corrected chi connectivity index (χ2v) is 5.86. The molecule has 5 heteroatoms. The lowest BCUT2D eigenvalue weighted by molar-refractivity contribution is 0.0484. The average molecular weight is 320 g/mol. The Hall–Kier alpha value is -1.78. The van der Waals surface area contributed by atoms with Gasteiger partial charge in [0, 0.05) is 24.7 Å². The molecule has 0 spiro atoms. The van der Waals surface area contributed by atoms with Crippen LogP contribution in [0.4, 0.5) is 0 Å². The van der Waals surface area contributed by atoms with Crippen molar-refractivity contribution >= 4 is 17.5 Å². The molecule has 0 saturated carbocycles. The van der Waals surface area contributed by atoms with Crippen LogP contribution >= 0.6 is 11.6 Å². The Bertz CT molecular complexity index is 603. The van der Waals surface area contributed by atoms with Gasteiger partial charge in [-0.25, -0.2) is 0 Å². The maximum absolute atomic E-state index is 12.6. The predicted molar refractivity (Wildman–Crippen MR) is 83.9 cm³/mol. The van der Waals surface area contributed by atoms with Crippen molar-refractivity contribution < 1.29 is 13.9 Å². The predicted octanol–water partition coefficient (Wildman–Crippen LogP) is 3.75. The third kappa shape index (κ3) is 3.70. The molecule has 3 rings (SSSR count). The van der Waals surface area contributed by atoms with Crippen molar-refractivity contribution in [3.63, 3.8) is 0 Å². The number of hydrogen-bond acceptors (Lipinski definition) is 3. The first-order valence-corrected chi connectivity index (χ1v) is 7.79. The van der Waals surface area contributed by atoms with Crippen LogP contribution in [0.15, 0.2) is 47.1 Å². The smallest absolute Gasteiger partial charge is 0.289 e. The van der Waals surface area contributed by atoms with Gasteiger partial charge in [-0.2, -0.15) is 0 Å². The lowest BCUT2D eigenvalue weighted by Gasteiger charge is -2.24. The number of hydrogen-bond donors (Lipinski definition) is 0. The quantitative estimate of drug-likeness (QED) is 0.843. The molecule has 0 aliphatic carbocycles. The zero-order chi connectivity index (χ0) is 15.4. The van der Waals surface area contributed by atoms with E-state index in [0.29, 0.717) is 23.9 Å². The van der Waals surface area contributed by atoms with E-state index in [1.54, 1.807) is 17.0 Å². The molecule has 0 N–H and O–H groups in total. The van der Waals surface area contributed by atoms with E-state index < -0.39 is 0 Å². The summed E-state index contributed by atoms with van der Waals surface area (Å²) in [6.07, 6.45) is 3.66. The van der Waals surface area contributed by atoms with Gasteiger partial charge in [0.2, 0.25) is 0 Å². The lowest BCUT2D eigenvalue weighted by Crippen LogP contribution is -2.36. The number of benzene rings is 1. The summed E-state index contributed by atoms with van der Waals surface area (Å²) in [5.74, 6) is 0.238. The van der Waals surface area contributed by atoms with Crippen molar-refractivity contribution in [2.75, 3.05) is 13.2 Å². The van der Waals surface area contributed by atoms with Gasteiger partial charge < -0.3 is 14.1 Å². The number of rotatable bonds is 5. The summed E-state index contributed by atoms with van der Waals surface area (Å²) in [5.41, 5.74) is 1.03. The third-order valence-corrected chi connectivity index (χ3v) is 4.01. The van der Waals surface area contributed by atoms with Gasteiger partial charge in [-0.05, 0) is 42.7 Å². The fourth-order valence-corrected chi connectivity index (χ4v) is 2.75. The highest BCUT2D eigenvalue weighted by atomic mass is 35.5. The molecule has 1 amide bonds. The summed E-state index contributed by atoms with van der Waals surface area (Å²) in [4.78, 5) is 14.4. The number of amides is 1. The molecular formula is C17H18ClNO3. The highest BCUT2D eigenvalue weighted by molar-refractivity contribution is 6.30. The summed E-state index contributed by atoms with van der Waals surface area (Å²) in [6.45, 7) is 1.85. The number of furan rings is 1. The summed E-state index contributed by atoms with van der Waals surface area (Å²) >= 11 is 5.91. The molecule has 1 aliphatic heterocycles. The van der Waals surface area contributed by atoms with E-state index in [0.717, 1.165) is 25.0 Å². The Morgan fingerprint density at radius 1 is 1.27 bits per heavy atom. The molecule has 116 valence electrons. The maximum atomic E-state index is 12.6. The molecule has 1 aliphatic rings. The Morgan fingerprint density at radius 3 is 2.73 bits per heavy atom. The monoisotopic (exact) mass is 319 g/mol. The second-order valence-electron chi connectivity index (χ2n) is 5.42. The molecule has 1 aromatic carbocycles. The minimum atomic E-state index is -0.115. The first kappa shape index (κ1) is 15.1. The molecule has 2 heterocycles. The van der Waals surface area contributed by atoms with Gasteiger partial charge in [-0.3, -0.25) is 4.79 Å². The van der Waals surface area contributed by atoms with Crippen molar-refractivity contribution in [2.45, 2.75) is 25.5 Å². The van der Waals surface area contributed by atoms with Gasteiger partial charge in [0.05, 0.1) is 12.4 Å². The Labute approximate surface area is 134 Å². The Balaban J connectivity index is 1.75. The number of carbonyl (C=O) groups is 1. The summed E-state index contributed by atoms with van der Waals surface area (Å²) < 4.78 is 10.9. The molecule has 22 heavy (non-hydrogen) atoms. The van der Waals surface area contributed by atoms with E-state index in [9.17, 15) is 4.79 Å². The van der Waals surface area contributed by atoms with Crippen LogP contribution in [0.5, 0.6) is 0 Å². The van der Waals surface area contributed by atoms with Crippen molar-refractivity contribution in [1.82, 2.24) is 4.90 Å². The molecule has 1 atom stereocenters. The fourth-order valence-electron chi connectivity index (χ4n) is 2.62. The third-order valence-electron chi connectivity index (χ3n) is 3.75. The normalized spacial score (nSPS) is 17.6. The molecule has 1 aromatic heterocycles. The Kier molecular flexibility index (Phi) is 4.80. The largest absolute Gasteiger partial charge is 0.459 e. The van der Waals surface area contributed by atoms with Gasteiger partial charge in [0.15, 0.2) is 5.76 Å². The van der Waals surface area contributed by atoms with Crippen LogP contribution in [0.25, 0.3) is 0 Å². The average Bonchev–Trinajstić information content (AvgIpc) is 3.21. The van der Waals surface area contributed by atoms with E-state index in [4.69, 9.17) is 20.8 Å². The van der Waals surface area contributed by atoms with E-state index in [-0.39, 0.29) is 12.0 Å². The zero-order valence-corrected chi connectivity index (χ0v) is 13.0. The second kappa shape index (κ2) is 6.99. The van der Waals surface area contributed by atoms with E-state index in [1.807, 2.05) is 24.3 Å². The zero-order valence-electron chi connectivity index (χ0n) is 12.2. The lowest BCUT2D eigenvalue weighted by atomic mass is 10.1. The summed E-state index contributed by atoms with van der Waals surface area (Å²) in [5, 5.41) is 0.687. The number of halogens is 1. The summed E-state index contributed by atoms with van der Waals surface area (Å²) in [7, 11) is 0. The van der Waals surface area contributed by atoms with Gasteiger partial charge in [0.25, 0.3) is 5.91 Å². The fraction of sp³-hybridized carbons (Fsp3) is 0.353. The molecule has 4 nitrogen and oxygen atoms in total. The van der Waals surface area contributed by atoms with Crippen molar-refractivity contribution in [1.29, 1.82) is 0 Å². The van der Waals surface area contributed by atoms with E-state index >= 15 is 0 Å². The molecule has 0 unspecified atom stereocenters. The van der Waals surface area contributed by atoms with Crippen LogP contribution in [0.1, 0.15) is 29.0 Å². The van der Waals surface area contributed by atoms with E-state index in [1.165, 1.54) is 6.26 Å². The summed E-state index contributed by atoms with van der Waals surface area (Å²) in [6, 6.07) is 10.9. The highest BCUT2D eigenvalue weighted by Gasteiger charge is 2.24. The minimum Gasteiger partial charge on any atom is -0.459 e. The number of nitrogens with zero attached hydrogens (tertiary/aromatic N) is 1. The molecule has 0 bridgehead atoms. The topological polar surface area (TPSA) is 42.7 Å². The SMILES string of the molecule is O=C(c1ccco1)N(Cc1ccc(Cl)cc1)C[C@@H]1CCCO1. The van der Waals surface area contributed by atoms with Gasteiger partial charge in [-0.1, -0.05) is 23.7 Å². The van der Waals surface area contributed by atoms with Gasteiger partial charge in [0.1, 0.15) is 0 Å². The van der Waals surface area contributed by atoms with Gasteiger partial charge in [-0.15, -0.1) is 0 Å². The standard InChI is InChI=1S/C17H18ClNO3/c18-14-7-5-13(6-8-14)11-19(12-15-3-1-9-21-15)17(20)16-4-2-10-22-16/h2,4-8,10,15H,1,3,9,11-12H2/t15-/m0/s1. The van der Waals surface area contributed by atoms with Gasteiger partial charge >= 0.3 is 0 Å². The molecule has 2 aromatic rings. The molecule has 0 radical (unpaired) electrons. The van der Waals surface area contributed by atoms with E-state index in [2.05, 4.69) is 0 Å². The number of carbonyl (C=O) groups excluding carboxylic acids is 1. The molecular weight excluding hydrogens is 302 g/mol. The van der Waals surface area contributed by atoms with Crippen LogP contribution in [-0.2, 0) is 11.3 Å². The first-order valence-electron chi connectivity index (χ1n) is 7.41. The maximum Gasteiger partial charge on any atom is 0.289 e. The van der Waals surface area contributed by atoms with Crippen LogP contribution in [-0.4, -0.2) is 30.1 Å². The van der Waals surface area contributed by atoms with Crippen molar-refractivity contribution in [3.8, 4) is 0 Å². The van der Waals surface area contributed by atoms with Crippen LogP contribution in [0, 0.1) is 0 Å². The van der Waals surface area contributed by atoms with Crippen LogP contribution in [0.2, 0.25) is 5.02 Å². The van der Waals surface area contributed by atoms with Crippen molar-refractivity contribution in [3.05, 3.63) is 59.0 Å². The minimum absolute atomic E-state index is 0.103. The molecule has 1 fully saturated rings. The highest BCUT2D eigenvalue weighted by Crippen LogP contribution is 2.18. The number of ether oxygens (including phenoxy) is 1. The first-order chi connectivity index (χ1) is 10.7. The Morgan fingerprint density at radius 2 is 2.09 bits per heavy atom. The van der Waals surface area contributed by atoms with Crippen molar-refractivity contribution in [2.24, 2.45) is 0 Å². The van der Waals surface area contributed by atoms with Crippen LogP contribution < -0.4 is 0 Å². The molecule has 1 saturated heterocycles. The van der Waals surface area contributed by atoms with Crippen LogP contribution in [0.3, 0.4) is 0 Å².